The molecule has 2 rings (SSSR count). The first-order chi connectivity index (χ1) is 10.4. The van der Waals surface area contributed by atoms with Gasteiger partial charge in [0.05, 0.1) is 4.90 Å². The summed E-state index contributed by atoms with van der Waals surface area (Å²) < 4.78 is 28.3. The van der Waals surface area contributed by atoms with Crippen molar-refractivity contribution in [2.24, 2.45) is 0 Å². The minimum Gasteiger partial charge on any atom is -0.457 e. The van der Waals surface area contributed by atoms with Gasteiger partial charge >= 0.3 is 0 Å². The molecule has 0 saturated carbocycles. The molecule has 0 heterocycles. The van der Waals surface area contributed by atoms with E-state index in [9.17, 15) is 13.2 Å². The fourth-order valence-electron chi connectivity index (χ4n) is 1.69. The molecule has 0 spiro atoms. The Balaban J connectivity index is 2.07. The molecule has 0 unspecified atom stereocenters. The van der Waals surface area contributed by atoms with Crippen LogP contribution in [0, 0.1) is 0 Å². The summed E-state index contributed by atoms with van der Waals surface area (Å²) in [5.41, 5.74) is 0.629. The first-order valence-electron chi connectivity index (χ1n) is 6.40. The number of anilines is 1. The second-order valence-corrected chi connectivity index (χ2v) is 6.58. The molecule has 1 amide bonds. The van der Waals surface area contributed by atoms with Crippen LogP contribution in [-0.2, 0) is 14.6 Å². The number of benzene rings is 2. The Labute approximate surface area is 129 Å². The average molecular weight is 317 g/mol. The molecule has 6 heteroatoms. The molecular formula is C16H15NO4S. The predicted octanol–water partition coefficient (Wildman–Crippen LogP) is 3.01. The number of carbonyl (C=O) groups is 1. The highest BCUT2D eigenvalue weighted by atomic mass is 32.2. The number of rotatable bonds is 5. The molecule has 0 bridgehead atoms. The van der Waals surface area contributed by atoms with Crippen LogP contribution in [-0.4, -0.2) is 20.6 Å². The van der Waals surface area contributed by atoms with Gasteiger partial charge in [0, 0.05) is 11.9 Å². The molecule has 114 valence electrons. The maximum absolute atomic E-state index is 11.4. The van der Waals surface area contributed by atoms with Crippen molar-refractivity contribution in [3.05, 3.63) is 61.2 Å². The van der Waals surface area contributed by atoms with E-state index >= 15 is 0 Å². The van der Waals surface area contributed by atoms with Crippen LogP contribution in [0.25, 0.3) is 0 Å². The van der Waals surface area contributed by atoms with E-state index in [0.29, 0.717) is 17.2 Å². The van der Waals surface area contributed by atoms with E-state index in [-0.39, 0.29) is 10.8 Å². The van der Waals surface area contributed by atoms with Crippen LogP contribution in [0.3, 0.4) is 0 Å². The molecular weight excluding hydrogens is 302 g/mol. The molecule has 0 aliphatic heterocycles. The lowest BCUT2D eigenvalue weighted by Crippen LogP contribution is -2.06. The van der Waals surface area contributed by atoms with Crippen molar-refractivity contribution in [2.45, 2.75) is 4.90 Å². The molecule has 2 aromatic rings. The largest absolute Gasteiger partial charge is 0.457 e. The third-order valence-corrected chi connectivity index (χ3v) is 3.92. The van der Waals surface area contributed by atoms with Crippen LogP contribution in [0.1, 0.15) is 0 Å². The maximum Gasteiger partial charge on any atom is 0.247 e. The van der Waals surface area contributed by atoms with Crippen LogP contribution in [0.15, 0.2) is 66.1 Å². The van der Waals surface area contributed by atoms with Crippen LogP contribution in [0.4, 0.5) is 5.69 Å². The Bertz CT molecular complexity index is 778. The summed E-state index contributed by atoms with van der Waals surface area (Å²) in [7, 11) is -3.22. The first-order valence-corrected chi connectivity index (χ1v) is 8.29. The second kappa shape index (κ2) is 6.44. The summed E-state index contributed by atoms with van der Waals surface area (Å²) >= 11 is 0. The van der Waals surface area contributed by atoms with Gasteiger partial charge in [-0.05, 0) is 54.6 Å². The highest BCUT2D eigenvalue weighted by molar-refractivity contribution is 7.90. The molecule has 1 N–H and O–H groups in total. The molecule has 22 heavy (non-hydrogen) atoms. The van der Waals surface area contributed by atoms with Gasteiger partial charge in [-0.3, -0.25) is 4.79 Å². The van der Waals surface area contributed by atoms with Crippen molar-refractivity contribution in [1.29, 1.82) is 0 Å². The highest BCUT2D eigenvalue weighted by Gasteiger charge is 2.07. The zero-order valence-electron chi connectivity index (χ0n) is 11.9. The molecule has 0 radical (unpaired) electrons. The SMILES string of the molecule is C=CC(=O)Nc1ccc(Oc2ccc(S(C)(=O)=O)cc2)cc1. The topological polar surface area (TPSA) is 72.5 Å². The second-order valence-electron chi connectivity index (χ2n) is 4.56. The van der Waals surface area contributed by atoms with E-state index in [1.807, 2.05) is 0 Å². The molecule has 2 aromatic carbocycles. The van der Waals surface area contributed by atoms with Gasteiger partial charge in [-0.25, -0.2) is 8.42 Å². The number of nitrogens with one attached hydrogen (secondary N) is 1. The van der Waals surface area contributed by atoms with Crippen LogP contribution < -0.4 is 10.1 Å². The Morgan fingerprint density at radius 3 is 2.00 bits per heavy atom. The summed E-state index contributed by atoms with van der Waals surface area (Å²) in [6.45, 7) is 3.37. The quantitative estimate of drug-likeness (QED) is 0.860. The van der Waals surface area contributed by atoms with E-state index in [1.54, 1.807) is 36.4 Å². The van der Waals surface area contributed by atoms with Gasteiger partial charge in [0.25, 0.3) is 0 Å². The van der Waals surface area contributed by atoms with Gasteiger partial charge < -0.3 is 10.1 Å². The van der Waals surface area contributed by atoms with Crippen LogP contribution >= 0.6 is 0 Å². The lowest BCUT2D eigenvalue weighted by atomic mass is 10.3. The lowest BCUT2D eigenvalue weighted by Gasteiger charge is -2.08. The van der Waals surface area contributed by atoms with E-state index in [2.05, 4.69) is 11.9 Å². The number of ether oxygens (including phenoxy) is 1. The standard InChI is InChI=1S/C16H15NO4S/c1-3-16(18)17-12-4-6-13(7-5-12)21-14-8-10-15(11-9-14)22(2,19)20/h3-11H,1H2,2H3,(H,17,18). The van der Waals surface area contributed by atoms with Crippen molar-refractivity contribution in [2.75, 3.05) is 11.6 Å². The Morgan fingerprint density at radius 1 is 1.05 bits per heavy atom. The summed E-state index contributed by atoms with van der Waals surface area (Å²) in [6, 6.07) is 12.9. The molecule has 0 atom stereocenters. The Kier molecular flexibility index (Phi) is 4.62. The summed E-state index contributed by atoms with van der Waals surface area (Å²) in [6.07, 6.45) is 2.34. The molecule has 0 aromatic heterocycles. The van der Waals surface area contributed by atoms with Crippen molar-refractivity contribution < 1.29 is 17.9 Å². The van der Waals surface area contributed by atoms with Gasteiger partial charge in [-0.1, -0.05) is 6.58 Å². The third kappa shape index (κ3) is 4.20. The average Bonchev–Trinajstić information content (AvgIpc) is 2.49. The molecule has 0 aliphatic carbocycles. The minimum absolute atomic E-state index is 0.238. The van der Waals surface area contributed by atoms with E-state index in [4.69, 9.17) is 4.74 Å². The summed E-state index contributed by atoms with van der Waals surface area (Å²) in [4.78, 5) is 11.4. The number of amides is 1. The summed E-state index contributed by atoms with van der Waals surface area (Å²) in [5, 5.41) is 2.63. The number of sulfone groups is 1. The van der Waals surface area contributed by atoms with Crippen molar-refractivity contribution >= 4 is 21.4 Å². The van der Waals surface area contributed by atoms with Gasteiger partial charge in [-0.15, -0.1) is 0 Å². The van der Waals surface area contributed by atoms with Crippen molar-refractivity contribution in [3.8, 4) is 11.5 Å². The highest BCUT2D eigenvalue weighted by Crippen LogP contribution is 2.24. The predicted molar refractivity (Wildman–Crippen MR) is 84.9 cm³/mol. The molecule has 5 nitrogen and oxygen atoms in total. The maximum atomic E-state index is 11.4. The monoisotopic (exact) mass is 317 g/mol. The number of hydrogen-bond acceptors (Lipinski definition) is 4. The van der Waals surface area contributed by atoms with Gasteiger partial charge in [0.2, 0.25) is 5.91 Å². The Morgan fingerprint density at radius 2 is 1.55 bits per heavy atom. The fraction of sp³-hybridized carbons (Fsp3) is 0.0625. The van der Waals surface area contributed by atoms with E-state index in [0.717, 1.165) is 6.26 Å². The van der Waals surface area contributed by atoms with Crippen molar-refractivity contribution in [1.82, 2.24) is 0 Å². The lowest BCUT2D eigenvalue weighted by molar-refractivity contribution is -0.111. The minimum atomic E-state index is -3.22. The van der Waals surface area contributed by atoms with Gasteiger partial charge in [0.1, 0.15) is 11.5 Å². The van der Waals surface area contributed by atoms with Gasteiger partial charge in [-0.2, -0.15) is 0 Å². The van der Waals surface area contributed by atoms with E-state index in [1.165, 1.54) is 18.2 Å². The number of carbonyl (C=O) groups excluding carboxylic acids is 1. The smallest absolute Gasteiger partial charge is 0.247 e. The van der Waals surface area contributed by atoms with Crippen molar-refractivity contribution in [3.63, 3.8) is 0 Å². The molecule has 0 aliphatic rings. The third-order valence-electron chi connectivity index (χ3n) is 2.79. The Hall–Kier alpha value is -2.60. The fourth-order valence-corrected chi connectivity index (χ4v) is 2.32. The normalized spacial score (nSPS) is 10.8. The zero-order valence-corrected chi connectivity index (χ0v) is 12.8. The number of hydrogen-bond donors (Lipinski definition) is 1. The molecule has 0 fully saturated rings. The van der Waals surface area contributed by atoms with Crippen LogP contribution in [0.5, 0.6) is 11.5 Å². The van der Waals surface area contributed by atoms with Crippen LogP contribution in [0.2, 0.25) is 0 Å². The zero-order chi connectivity index (χ0) is 16.2. The van der Waals surface area contributed by atoms with Gasteiger partial charge in [0.15, 0.2) is 9.84 Å². The van der Waals surface area contributed by atoms with E-state index < -0.39 is 9.84 Å². The first kappa shape index (κ1) is 15.8. The molecule has 0 saturated heterocycles. The summed E-state index contributed by atoms with van der Waals surface area (Å²) in [5.74, 6) is 0.809.